The molecule has 15 N–H and O–H groups in total. The SMILES string of the molecule is CSCCC(N)C(=O)O.NC(CCSCC(N)C(=O)O)C(=O)O.NC(CCSCC(N)C(=O)O)C(=O)O. The molecule has 0 rings (SSSR count). The monoisotopic (exact) mass is 593 g/mol. The molecule has 5 atom stereocenters. The van der Waals surface area contributed by atoms with E-state index < -0.39 is 60.1 Å². The Bertz CT molecular complexity index is 605. The molecule has 0 amide bonds. The quantitative estimate of drug-likeness (QED) is 0.0769. The predicted molar refractivity (Wildman–Crippen MR) is 145 cm³/mol. The van der Waals surface area contributed by atoms with Crippen LogP contribution in [0.1, 0.15) is 19.3 Å². The Morgan fingerprint density at radius 2 is 0.757 bits per heavy atom. The summed E-state index contributed by atoms with van der Waals surface area (Å²) in [4.78, 5) is 51.2. The van der Waals surface area contributed by atoms with Gasteiger partial charge in [-0.2, -0.15) is 35.3 Å². The van der Waals surface area contributed by atoms with Crippen LogP contribution in [0.3, 0.4) is 0 Å². The summed E-state index contributed by atoms with van der Waals surface area (Å²) in [6, 6.07) is -4.26. The molecule has 0 aliphatic carbocycles. The van der Waals surface area contributed by atoms with Gasteiger partial charge in [0.2, 0.25) is 0 Å². The average Bonchev–Trinajstić information content (AvgIpc) is 2.82. The van der Waals surface area contributed by atoms with Gasteiger partial charge in [-0.15, -0.1) is 0 Å². The Kier molecular flexibility index (Phi) is 26.3. The van der Waals surface area contributed by atoms with Crippen LogP contribution in [0, 0.1) is 0 Å². The van der Waals surface area contributed by atoms with Gasteiger partial charge in [0.15, 0.2) is 0 Å². The van der Waals surface area contributed by atoms with E-state index in [1.807, 2.05) is 6.26 Å². The Balaban J connectivity index is -0.000000481. The van der Waals surface area contributed by atoms with Crippen LogP contribution in [0.4, 0.5) is 0 Å². The van der Waals surface area contributed by atoms with Gasteiger partial charge in [-0.3, -0.25) is 24.0 Å². The minimum atomic E-state index is -1.06. The summed E-state index contributed by atoms with van der Waals surface area (Å²) in [5.41, 5.74) is 26.1. The third-order valence-corrected chi connectivity index (χ3v) is 6.84. The maximum atomic E-state index is 10.3. The average molecular weight is 594 g/mol. The third kappa shape index (κ3) is 27.1. The largest absolute Gasteiger partial charge is 0.480 e. The van der Waals surface area contributed by atoms with Crippen LogP contribution in [0.25, 0.3) is 0 Å². The molecule has 0 aliphatic rings. The van der Waals surface area contributed by atoms with Crippen LogP contribution < -0.4 is 28.7 Å². The second kappa shape index (κ2) is 24.5. The van der Waals surface area contributed by atoms with E-state index >= 15 is 0 Å². The van der Waals surface area contributed by atoms with Crippen LogP contribution in [-0.2, 0) is 24.0 Å². The molecule has 0 saturated heterocycles. The van der Waals surface area contributed by atoms with Crippen LogP contribution in [0.5, 0.6) is 0 Å². The molecule has 37 heavy (non-hydrogen) atoms. The van der Waals surface area contributed by atoms with Gasteiger partial charge >= 0.3 is 29.8 Å². The summed E-state index contributed by atoms with van der Waals surface area (Å²) < 4.78 is 0. The van der Waals surface area contributed by atoms with Gasteiger partial charge in [0.1, 0.15) is 30.2 Å². The fraction of sp³-hybridized carbons (Fsp3) is 0.737. The number of carboxylic acid groups (broad SMARTS) is 5. The fourth-order valence-electron chi connectivity index (χ4n) is 1.60. The van der Waals surface area contributed by atoms with E-state index in [0.717, 1.165) is 5.75 Å². The van der Waals surface area contributed by atoms with Crippen molar-refractivity contribution in [3.8, 4) is 0 Å². The molecule has 0 radical (unpaired) electrons. The highest BCUT2D eigenvalue weighted by molar-refractivity contribution is 7.99. The number of aliphatic carboxylic acids is 5. The van der Waals surface area contributed by atoms with E-state index in [1.54, 1.807) is 11.8 Å². The molecule has 0 aromatic carbocycles. The van der Waals surface area contributed by atoms with Gasteiger partial charge < -0.3 is 54.2 Å². The van der Waals surface area contributed by atoms with Crippen molar-refractivity contribution in [1.29, 1.82) is 0 Å². The van der Waals surface area contributed by atoms with Crippen LogP contribution in [0.15, 0.2) is 0 Å². The summed E-state index contributed by atoms with van der Waals surface area (Å²) in [5, 5.41) is 42.0. The molecule has 0 spiro atoms. The lowest BCUT2D eigenvalue weighted by atomic mass is 10.2. The highest BCUT2D eigenvalue weighted by Crippen LogP contribution is 2.06. The molecule has 0 bridgehead atoms. The van der Waals surface area contributed by atoms with Crippen molar-refractivity contribution < 1.29 is 49.5 Å². The highest BCUT2D eigenvalue weighted by Gasteiger charge is 2.15. The maximum absolute atomic E-state index is 10.3. The number of thioether (sulfide) groups is 3. The van der Waals surface area contributed by atoms with Gasteiger partial charge in [-0.1, -0.05) is 0 Å². The van der Waals surface area contributed by atoms with Crippen molar-refractivity contribution in [3.05, 3.63) is 0 Å². The first kappa shape index (κ1) is 39.7. The second-order valence-electron chi connectivity index (χ2n) is 7.23. The first-order valence-corrected chi connectivity index (χ1v) is 14.3. The van der Waals surface area contributed by atoms with Gasteiger partial charge in [0.05, 0.1) is 0 Å². The van der Waals surface area contributed by atoms with Gasteiger partial charge in [0.25, 0.3) is 0 Å². The molecule has 5 unspecified atom stereocenters. The Morgan fingerprint density at radius 3 is 0.973 bits per heavy atom. The molecule has 0 aromatic rings. The lowest BCUT2D eigenvalue weighted by molar-refractivity contribution is -0.139. The first-order valence-electron chi connectivity index (χ1n) is 10.6. The molecule has 0 heterocycles. The van der Waals surface area contributed by atoms with Gasteiger partial charge in [0, 0.05) is 11.5 Å². The first-order chi connectivity index (χ1) is 17.1. The summed E-state index contributed by atoms with van der Waals surface area (Å²) in [6.45, 7) is 0. The molecule has 0 aromatic heterocycles. The molecule has 15 nitrogen and oxygen atoms in total. The minimum Gasteiger partial charge on any atom is -0.480 e. The zero-order chi connectivity index (χ0) is 29.6. The Labute approximate surface area is 227 Å². The Hall–Kier alpha value is -1.80. The number of carbonyl (C=O) groups is 5. The molecule has 218 valence electrons. The van der Waals surface area contributed by atoms with E-state index in [9.17, 15) is 24.0 Å². The van der Waals surface area contributed by atoms with E-state index in [4.69, 9.17) is 54.2 Å². The van der Waals surface area contributed by atoms with Crippen LogP contribution in [-0.4, -0.2) is 121 Å². The number of carboxylic acids is 5. The Morgan fingerprint density at radius 1 is 0.514 bits per heavy atom. The number of nitrogens with two attached hydrogens (primary N) is 5. The summed E-state index contributed by atoms with van der Waals surface area (Å²) in [5.74, 6) is -2.79. The van der Waals surface area contributed by atoms with Crippen molar-refractivity contribution in [1.82, 2.24) is 0 Å². The van der Waals surface area contributed by atoms with Crippen LogP contribution >= 0.6 is 35.3 Å². The van der Waals surface area contributed by atoms with E-state index in [2.05, 4.69) is 0 Å². The predicted octanol–water partition coefficient (Wildman–Crippen LogP) is -1.98. The van der Waals surface area contributed by atoms with Gasteiger partial charge in [-0.25, -0.2) is 0 Å². The van der Waals surface area contributed by atoms with Crippen molar-refractivity contribution in [2.75, 3.05) is 35.0 Å². The topological polar surface area (TPSA) is 317 Å². The fourth-order valence-corrected chi connectivity index (χ4v) is 4.06. The van der Waals surface area contributed by atoms with E-state index in [-0.39, 0.29) is 11.5 Å². The maximum Gasteiger partial charge on any atom is 0.321 e. The van der Waals surface area contributed by atoms with Crippen molar-refractivity contribution in [2.45, 2.75) is 49.5 Å². The molecule has 0 aliphatic heterocycles. The van der Waals surface area contributed by atoms with Crippen molar-refractivity contribution in [2.24, 2.45) is 28.7 Å². The molecule has 0 saturated carbocycles. The number of hydrogen-bond donors (Lipinski definition) is 10. The molecule has 18 heteroatoms. The van der Waals surface area contributed by atoms with Gasteiger partial charge in [-0.05, 0) is 42.8 Å². The molecular formula is C19H39N5O10S3. The molecule has 0 fully saturated rings. The van der Waals surface area contributed by atoms with Crippen molar-refractivity contribution >= 4 is 65.1 Å². The van der Waals surface area contributed by atoms with E-state index in [0.29, 0.717) is 30.8 Å². The van der Waals surface area contributed by atoms with E-state index in [1.165, 1.54) is 23.5 Å². The second-order valence-corrected chi connectivity index (χ2v) is 10.5. The third-order valence-electron chi connectivity index (χ3n) is 3.96. The standard InChI is InChI=1S/2C7H14N2O4S.C5H11NO2S/c2*8-4(6(10)11)1-2-14-3-5(9)7(12)13;1-9-3-2-4(6)5(7)8/h2*4-5H,1-3,8-9H2,(H,10,11)(H,12,13);4H,2-3,6H2,1H3,(H,7,8). The lowest BCUT2D eigenvalue weighted by Gasteiger charge is -2.07. The van der Waals surface area contributed by atoms with Crippen LogP contribution in [0.2, 0.25) is 0 Å². The number of rotatable bonds is 18. The highest BCUT2D eigenvalue weighted by atomic mass is 32.2. The smallest absolute Gasteiger partial charge is 0.321 e. The normalized spacial score (nSPS) is 14.3. The lowest BCUT2D eigenvalue weighted by Crippen LogP contribution is -2.33. The summed E-state index contributed by atoms with van der Waals surface area (Å²) in [7, 11) is 0. The minimum absolute atomic E-state index is 0.266. The summed E-state index contributed by atoms with van der Waals surface area (Å²) in [6.07, 6.45) is 3.10. The zero-order valence-corrected chi connectivity index (χ0v) is 22.9. The van der Waals surface area contributed by atoms with Crippen molar-refractivity contribution in [3.63, 3.8) is 0 Å². The molecular weight excluding hydrogens is 554 g/mol. The number of hydrogen-bond acceptors (Lipinski definition) is 13. The zero-order valence-electron chi connectivity index (χ0n) is 20.4. The summed E-state index contributed by atoms with van der Waals surface area (Å²) >= 11 is 4.18.